The summed E-state index contributed by atoms with van der Waals surface area (Å²) in [6.07, 6.45) is -4.40. The third kappa shape index (κ3) is 5.20. The minimum absolute atomic E-state index is 0.195. The highest BCUT2D eigenvalue weighted by molar-refractivity contribution is 6.04. The van der Waals surface area contributed by atoms with Gasteiger partial charge in [0.1, 0.15) is 0 Å². The zero-order valence-corrected chi connectivity index (χ0v) is 17.5. The van der Waals surface area contributed by atoms with Gasteiger partial charge in [0.15, 0.2) is 0 Å². The Hall–Kier alpha value is -4.14. The van der Waals surface area contributed by atoms with Crippen molar-refractivity contribution in [3.05, 3.63) is 95.4 Å². The first-order valence-corrected chi connectivity index (χ1v) is 10.0. The van der Waals surface area contributed by atoms with Gasteiger partial charge in [-0.15, -0.1) is 0 Å². The summed E-state index contributed by atoms with van der Waals surface area (Å²) in [6.45, 7) is 2.06. The number of benzene rings is 3. The summed E-state index contributed by atoms with van der Waals surface area (Å²) in [6, 6.07) is 18.9. The van der Waals surface area contributed by atoms with Crippen molar-refractivity contribution in [1.29, 1.82) is 0 Å². The minimum Gasteiger partial charge on any atom is -0.376 e. The number of aromatic nitrogens is 2. The molecule has 3 aromatic carbocycles. The molecule has 2 N–H and O–H groups in total. The molecular weight excluding hydrogens is 433 g/mol. The first kappa shape index (κ1) is 22.1. The number of amides is 1. The fourth-order valence-electron chi connectivity index (χ4n) is 3.17. The van der Waals surface area contributed by atoms with Gasteiger partial charge in [0, 0.05) is 22.5 Å². The fraction of sp³-hybridized carbons (Fsp3) is 0.125. The van der Waals surface area contributed by atoms with Gasteiger partial charge >= 0.3 is 6.18 Å². The molecule has 0 aliphatic carbocycles. The van der Waals surface area contributed by atoms with E-state index in [1.54, 1.807) is 36.4 Å². The van der Waals surface area contributed by atoms with E-state index in [-0.39, 0.29) is 24.2 Å². The van der Waals surface area contributed by atoms with E-state index in [1.165, 1.54) is 12.1 Å². The Balaban J connectivity index is 1.42. The molecule has 0 spiro atoms. The van der Waals surface area contributed by atoms with Crippen molar-refractivity contribution in [1.82, 2.24) is 10.1 Å². The maximum absolute atomic E-state index is 12.7. The summed E-state index contributed by atoms with van der Waals surface area (Å²) >= 11 is 0. The third-order valence-corrected chi connectivity index (χ3v) is 4.99. The number of carbonyl (C=O) groups is 1. The number of anilines is 2. The second kappa shape index (κ2) is 9.15. The molecule has 0 saturated heterocycles. The molecule has 1 aromatic heterocycles. The highest BCUT2D eigenvalue weighted by atomic mass is 19.4. The number of hydrogen-bond donors (Lipinski definition) is 2. The average molecular weight is 452 g/mol. The van der Waals surface area contributed by atoms with Gasteiger partial charge in [-0.05, 0) is 48.9 Å². The lowest BCUT2D eigenvalue weighted by atomic mass is 10.1. The standard InChI is InChI=1S/C24H19F3N4O2/c1-15-19(8-5-9-20(15)29-23(32)17-6-3-2-4-7-17)28-14-21-30-22(31-33-21)16-10-12-18(13-11-16)24(25,26)27/h2-13,28H,14H2,1H3,(H,29,32). The van der Waals surface area contributed by atoms with Crippen molar-refractivity contribution in [3.8, 4) is 11.4 Å². The van der Waals surface area contributed by atoms with Gasteiger partial charge in [0.25, 0.3) is 5.91 Å². The van der Waals surface area contributed by atoms with Gasteiger partial charge in [-0.2, -0.15) is 18.2 Å². The summed E-state index contributed by atoms with van der Waals surface area (Å²) < 4.78 is 43.4. The highest BCUT2D eigenvalue weighted by Gasteiger charge is 2.30. The maximum Gasteiger partial charge on any atom is 0.416 e. The number of rotatable bonds is 6. The Morgan fingerprint density at radius 3 is 2.33 bits per heavy atom. The number of alkyl halides is 3. The van der Waals surface area contributed by atoms with E-state index in [0.29, 0.717) is 16.8 Å². The van der Waals surface area contributed by atoms with Crippen LogP contribution in [0.15, 0.2) is 77.3 Å². The summed E-state index contributed by atoms with van der Waals surface area (Å²) in [4.78, 5) is 16.7. The molecule has 0 atom stereocenters. The summed E-state index contributed by atoms with van der Waals surface area (Å²) in [5, 5.41) is 9.91. The van der Waals surface area contributed by atoms with Gasteiger partial charge in [-0.3, -0.25) is 4.79 Å². The van der Waals surface area contributed by atoms with Crippen molar-refractivity contribution in [3.63, 3.8) is 0 Å². The van der Waals surface area contributed by atoms with Crippen LogP contribution < -0.4 is 10.6 Å². The number of nitrogens with zero attached hydrogens (tertiary/aromatic N) is 2. The van der Waals surface area contributed by atoms with Crippen LogP contribution in [0.2, 0.25) is 0 Å². The number of halogens is 3. The number of hydrogen-bond acceptors (Lipinski definition) is 5. The molecular formula is C24H19F3N4O2. The van der Waals surface area contributed by atoms with E-state index in [0.717, 1.165) is 23.4 Å². The predicted octanol–water partition coefficient (Wildman–Crippen LogP) is 5.93. The molecule has 0 fully saturated rings. The van der Waals surface area contributed by atoms with Gasteiger partial charge in [-0.1, -0.05) is 41.6 Å². The average Bonchev–Trinajstić information content (AvgIpc) is 3.29. The zero-order chi connectivity index (χ0) is 23.4. The van der Waals surface area contributed by atoms with Crippen LogP contribution in [0.5, 0.6) is 0 Å². The van der Waals surface area contributed by atoms with E-state index in [4.69, 9.17) is 4.52 Å². The molecule has 168 valence electrons. The third-order valence-electron chi connectivity index (χ3n) is 4.99. The van der Waals surface area contributed by atoms with E-state index in [2.05, 4.69) is 20.8 Å². The lowest BCUT2D eigenvalue weighted by molar-refractivity contribution is -0.137. The van der Waals surface area contributed by atoms with Gasteiger partial charge in [-0.25, -0.2) is 0 Å². The number of carbonyl (C=O) groups excluding carboxylic acids is 1. The minimum atomic E-state index is -4.40. The first-order chi connectivity index (χ1) is 15.8. The Morgan fingerprint density at radius 1 is 0.939 bits per heavy atom. The van der Waals surface area contributed by atoms with Crippen molar-refractivity contribution < 1.29 is 22.5 Å². The van der Waals surface area contributed by atoms with Crippen LogP contribution in [-0.2, 0) is 12.7 Å². The van der Waals surface area contributed by atoms with Gasteiger partial charge < -0.3 is 15.2 Å². The van der Waals surface area contributed by atoms with Gasteiger partial charge in [0.05, 0.1) is 12.1 Å². The van der Waals surface area contributed by atoms with Gasteiger partial charge in [0.2, 0.25) is 11.7 Å². The number of nitrogens with one attached hydrogen (secondary N) is 2. The van der Waals surface area contributed by atoms with Crippen LogP contribution >= 0.6 is 0 Å². The first-order valence-electron chi connectivity index (χ1n) is 10.0. The second-order valence-corrected chi connectivity index (χ2v) is 7.24. The second-order valence-electron chi connectivity index (χ2n) is 7.24. The molecule has 4 aromatic rings. The van der Waals surface area contributed by atoms with E-state index in [1.807, 2.05) is 19.1 Å². The van der Waals surface area contributed by atoms with Crippen LogP contribution in [0.1, 0.15) is 27.4 Å². The van der Waals surface area contributed by atoms with Crippen LogP contribution in [0.4, 0.5) is 24.5 Å². The smallest absolute Gasteiger partial charge is 0.376 e. The molecule has 9 heteroatoms. The molecule has 0 bridgehead atoms. The molecule has 33 heavy (non-hydrogen) atoms. The molecule has 0 unspecified atom stereocenters. The lowest BCUT2D eigenvalue weighted by Crippen LogP contribution is -2.13. The van der Waals surface area contributed by atoms with Crippen molar-refractivity contribution >= 4 is 17.3 Å². The highest BCUT2D eigenvalue weighted by Crippen LogP contribution is 2.30. The summed E-state index contributed by atoms with van der Waals surface area (Å²) in [5.41, 5.74) is 2.47. The predicted molar refractivity (Wildman–Crippen MR) is 118 cm³/mol. The van der Waals surface area contributed by atoms with Crippen LogP contribution in [0.3, 0.4) is 0 Å². The Morgan fingerprint density at radius 2 is 1.64 bits per heavy atom. The normalized spacial score (nSPS) is 11.3. The van der Waals surface area contributed by atoms with Crippen molar-refractivity contribution in [2.75, 3.05) is 10.6 Å². The topological polar surface area (TPSA) is 80.1 Å². The summed E-state index contributed by atoms with van der Waals surface area (Å²) in [5.74, 6) is 0.248. The molecule has 1 heterocycles. The fourth-order valence-corrected chi connectivity index (χ4v) is 3.17. The molecule has 1 amide bonds. The van der Waals surface area contributed by atoms with E-state index in [9.17, 15) is 18.0 Å². The quantitative estimate of drug-likeness (QED) is 0.379. The van der Waals surface area contributed by atoms with Crippen LogP contribution in [0, 0.1) is 6.92 Å². The molecule has 0 aliphatic heterocycles. The molecule has 0 radical (unpaired) electrons. The maximum atomic E-state index is 12.7. The molecule has 0 aliphatic rings. The van der Waals surface area contributed by atoms with Crippen LogP contribution in [-0.4, -0.2) is 16.0 Å². The Bertz CT molecular complexity index is 1250. The van der Waals surface area contributed by atoms with Crippen molar-refractivity contribution in [2.45, 2.75) is 19.6 Å². The zero-order valence-electron chi connectivity index (χ0n) is 17.5. The Labute approximate surface area is 187 Å². The van der Waals surface area contributed by atoms with Crippen molar-refractivity contribution in [2.24, 2.45) is 0 Å². The van der Waals surface area contributed by atoms with Crippen LogP contribution in [0.25, 0.3) is 11.4 Å². The molecule has 0 saturated carbocycles. The molecule has 6 nitrogen and oxygen atoms in total. The Kier molecular flexibility index (Phi) is 6.12. The largest absolute Gasteiger partial charge is 0.416 e. The lowest BCUT2D eigenvalue weighted by Gasteiger charge is -2.13. The van der Waals surface area contributed by atoms with E-state index >= 15 is 0 Å². The monoisotopic (exact) mass is 452 g/mol. The molecule has 4 rings (SSSR count). The SMILES string of the molecule is Cc1c(NCc2nc(-c3ccc(C(F)(F)F)cc3)no2)cccc1NC(=O)c1ccccc1. The summed E-state index contributed by atoms with van der Waals surface area (Å²) in [7, 11) is 0. The van der Waals surface area contributed by atoms with E-state index < -0.39 is 11.7 Å².